The molecule has 280 valence electrons. The standard InChI is InChI=1S/C48H66N2O2/c1-6-7-8-9-10-11-12-13-14-15-16-17-18-39-27-29-48(30-28-39,40-31-35(2)46(36(3)32-40)51-44-23-19-42(49)20-24-44)41-33-37(4)47(38(5)34-41)52-45-25-21-43(50)22-26-45/h19-26,31-34,39H,6-18,27-30,49-50H2,1-5H3. The first-order chi connectivity index (χ1) is 25.2. The van der Waals surface area contributed by atoms with Crippen LogP contribution in [0.1, 0.15) is 149 Å². The Bertz CT molecular complexity index is 1530. The van der Waals surface area contributed by atoms with Gasteiger partial charge in [0.1, 0.15) is 23.0 Å². The van der Waals surface area contributed by atoms with Crippen LogP contribution < -0.4 is 20.9 Å². The number of hydrogen-bond acceptors (Lipinski definition) is 4. The second kappa shape index (κ2) is 19.2. The van der Waals surface area contributed by atoms with Gasteiger partial charge in [-0.15, -0.1) is 0 Å². The molecule has 0 amide bonds. The fourth-order valence-electron chi connectivity index (χ4n) is 8.56. The number of nitrogen functional groups attached to an aromatic ring is 2. The van der Waals surface area contributed by atoms with Crippen LogP contribution in [0.2, 0.25) is 0 Å². The van der Waals surface area contributed by atoms with Crippen molar-refractivity contribution in [3.05, 3.63) is 106 Å². The largest absolute Gasteiger partial charge is 0.457 e. The normalized spacial score (nSPS) is 14.4. The summed E-state index contributed by atoms with van der Waals surface area (Å²) in [5.74, 6) is 4.29. The van der Waals surface area contributed by atoms with Crippen molar-refractivity contribution < 1.29 is 9.47 Å². The SMILES string of the molecule is CCCCCCCCCCCCCCC1CCC(c2cc(C)c(Oc3ccc(N)cc3)c(C)c2)(c2cc(C)c(Oc3ccc(N)cc3)c(C)c2)CC1. The number of ether oxygens (including phenoxy) is 2. The number of aryl methyl sites for hydroxylation is 4. The summed E-state index contributed by atoms with van der Waals surface area (Å²) < 4.78 is 12.9. The third-order valence-electron chi connectivity index (χ3n) is 11.7. The van der Waals surface area contributed by atoms with Crippen LogP contribution >= 0.6 is 0 Å². The van der Waals surface area contributed by atoms with Gasteiger partial charge in [-0.3, -0.25) is 0 Å². The second-order valence-corrected chi connectivity index (χ2v) is 15.9. The Kier molecular flexibility index (Phi) is 14.5. The molecule has 1 fully saturated rings. The van der Waals surface area contributed by atoms with Gasteiger partial charge in [0, 0.05) is 16.8 Å². The number of anilines is 2. The zero-order valence-electron chi connectivity index (χ0n) is 33.0. The molecule has 4 aromatic carbocycles. The molecule has 0 aliphatic heterocycles. The van der Waals surface area contributed by atoms with E-state index >= 15 is 0 Å². The minimum Gasteiger partial charge on any atom is -0.457 e. The lowest BCUT2D eigenvalue weighted by Crippen LogP contribution is -2.33. The Labute approximate surface area is 315 Å². The van der Waals surface area contributed by atoms with Crippen molar-refractivity contribution in [2.75, 3.05) is 11.5 Å². The van der Waals surface area contributed by atoms with Gasteiger partial charge in [0.25, 0.3) is 0 Å². The first kappa shape index (κ1) is 39.3. The molecule has 52 heavy (non-hydrogen) atoms. The van der Waals surface area contributed by atoms with Gasteiger partial charge in [-0.1, -0.05) is 115 Å². The molecule has 4 aromatic rings. The van der Waals surface area contributed by atoms with Crippen molar-refractivity contribution in [3.63, 3.8) is 0 Å². The summed E-state index contributed by atoms with van der Waals surface area (Å²) >= 11 is 0. The average molecular weight is 703 g/mol. The molecule has 0 bridgehead atoms. The Morgan fingerprint density at radius 2 is 0.865 bits per heavy atom. The Morgan fingerprint density at radius 1 is 0.519 bits per heavy atom. The molecule has 0 aromatic heterocycles. The number of rotatable bonds is 19. The maximum atomic E-state index is 6.44. The lowest BCUT2D eigenvalue weighted by molar-refractivity contribution is 0.249. The van der Waals surface area contributed by atoms with E-state index in [2.05, 4.69) is 58.9 Å². The molecule has 0 atom stereocenters. The Hall–Kier alpha value is -3.92. The lowest BCUT2D eigenvalue weighted by Gasteiger charge is -2.42. The van der Waals surface area contributed by atoms with E-state index in [0.29, 0.717) is 0 Å². The van der Waals surface area contributed by atoms with E-state index in [4.69, 9.17) is 20.9 Å². The van der Waals surface area contributed by atoms with Crippen molar-refractivity contribution in [3.8, 4) is 23.0 Å². The zero-order chi connectivity index (χ0) is 36.9. The summed E-state index contributed by atoms with van der Waals surface area (Å²) in [5.41, 5.74) is 20.8. The maximum Gasteiger partial charge on any atom is 0.133 e. The van der Waals surface area contributed by atoms with E-state index in [1.807, 2.05) is 48.5 Å². The highest BCUT2D eigenvalue weighted by molar-refractivity contribution is 5.55. The molecule has 5 rings (SSSR count). The van der Waals surface area contributed by atoms with Crippen LogP contribution in [0.4, 0.5) is 11.4 Å². The minimum atomic E-state index is -0.0580. The summed E-state index contributed by atoms with van der Waals surface area (Å²) in [6.07, 6.45) is 23.1. The van der Waals surface area contributed by atoms with Crippen LogP contribution in [0.25, 0.3) is 0 Å². The van der Waals surface area contributed by atoms with Crippen molar-refractivity contribution in [1.29, 1.82) is 0 Å². The van der Waals surface area contributed by atoms with E-state index in [1.54, 1.807) is 0 Å². The predicted octanol–water partition coefficient (Wildman–Crippen LogP) is 14.2. The summed E-state index contributed by atoms with van der Waals surface area (Å²) in [7, 11) is 0. The topological polar surface area (TPSA) is 70.5 Å². The van der Waals surface area contributed by atoms with Gasteiger partial charge in [0.2, 0.25) is 0 Å². The van der Waals surface area contributed by atoms with Crippen LogP contribution in [0.5, 0.6) is 23.0 Å². The maximum absolute atomic E-state index is 6.44. The van der Waals surface area contributed by atoms with Crippen molar-refractivity contribution in [2.45, 2.75) is 149 Å². The summed E-state index contributed by atoms with van der Waals surface area (Å²) in [5, 5.41) is 0. The van der Waals surface area contributed by atoms with Crippen LogP contribution in [0.3, 0.4) is 0 Å². The van der Waals surface area contributed by atoms with Crippen LogP contribution in [-0.2, 0) is 5.41 Å². The van der Waals surface area contributed by atoms with E-state index in [9.17, 15) is 0 Å². The van der Waals surface area contributed by atoms with E-state index in [0.717, 1.165) is 53.1 Å². The molecule has 0 unspecified atom stereocenters. The number of unbranched alkanes of at least 4 members (excludes halogenated alkanes) is 11. The van der Waals surface area contributed by atoms with Gasteiger partial charge in [0.15, 0.2) is 0 Å². The highest BCUT2D eigenvalue weighted by Gasteiger charge is 2.39. The summed E-state index contributed by atoms with van der Waals surface area (Å²) in [6.45, 7) is 11.1. The molecule has 1 aliphatic rings. The van der Waals surface area contributed by atoms with Crippen molar-refractivity contribution in [2.24, 2.45) is 5.92 Å². The van der Waals surface area contributed by atoms with Crippen LogP contribution in [0.15, 0.2) is 72.8 Å². The third kappa shape index (κ3) is 10.6. The molecule has 4 nitrogen and oxygen atoms in total. The molecule has 4 N–H and O–H groups in total. The van der Waals surface area contributed by atoms with E-state index < -0.39 is 0 Å². The highest BCUT2D eigenvalue weighted by Crippen LogP contribution is 2.50. The molecule has 0 radical (unpaired) electrons. The quantitative estimate of drug-likeness (QED) is 0.0754. The van der Waals surface area contributed by atoms with Gasteiger partial charge in [-0.05, 0) is 141 Å². The average Bonchev–Trinajstić information content (AvgIpc) is 3.13. The monoisotopic (exact) mass is 703 g/mol. The summed E-state index contributed by atoms with van der Waals surface area (Å²) in [4.78, 5) is 0. The Balaban J connectivity index is 1.28. The molecular weight excluding hydrogens is 637 g/mol. The predicted molar refractivity (Wildman–Crippen MR) is 222 cm³/mol. The van der Waals surface area contributed by atoms with Crippen molar-refractivity contribution in [1.82, 2.24) is 0 Å². The number of hydrogen-bond donors (Lipinski definition) is 2. The van der Waals surface area contributed by atoms with E-state index in [1.165, 1.54) is 130 Å². The molecule has 0 saturated heterocycles. The summed E-state index contributed by atoms with van der Waals surface area (Å²) in [6, 6.07) is 24.9. The molecule has 1 aliphatic carbocycles. The van der Waals surface area contributed by atoms with Crippen LogP contribution in [0, 0.1) is 33.6 Å². The van der Waals surface area contributed by atoms with Crippen molar-refractivity contribution >= 4 is 11.4 Å². The number of nitrogens with two attached hydrogens (primary N) is 2. The zero-order valence-corrected chi connectivity index (χ0v) is 33.0. The first-order valence-electron chi connectivity index (χ1n) is 20.5. The second-order valence-electron chi connectivity index (χ2n) is 15.9. The molecule has 0 spiro atoms. The number of benzene rings is 4. The first-order valence-corrected chi connectivity index (χ1v) is 20.5. The lowest BCUT2D eigenvalue weighted by atomic mass is 9.62. The van der Waals surface area contributed by atoms with Gasteiger partial charge in [0.05, 0.1) is 0 Å². The Morgan fingerprint density at radius 3 is 1.23 bits per heavy atom. The third-order valence-corrected chi connectivity index (χ3v) is 11.7. The molecule has 0 heterocycles. The molecular formula is C48H66N2O2. The van der Waals surface area contributed by atoms with Gasteiger partial charge in [-0.25, -0.2) is 0 Å². The smallest absolute Gasteiger partial charge is 0.133 e. The highest BCUT2D eigenvalue weighted by atomic mass is 16.5. The van der Waals surface area contributed by atoms with Crippen LogP contribution in [-0.4, -0.2) is 0 Å². The fraction of sp³-hybridized carbons (Fsp3) is 0.500. The van der Waals surface area contributed by atoms with Gasteiger partial charge in [-0.2, -0.15) is 0 Å². The molecule has 4 heteroatoms. The minimum absolute atomic E-state index is 0.0580. The molecule has 1 saturated carbocycles. The fourth-order valence-corrected chi connectivity index (χ4v) is 8.56. The van der Waals surface area contributed by atoms with E-state index in [-0.39, 0.29) is 5.41 Å². The van der Waals surface area contributed by atoms with Gasteiger partial charge < -0.3 is 20.9 Å². The van der Waals surface area contributed by atoms with Gasteiger partial charge >= 0.3 is 0 Å².